The molecule has 1 N–H and O–H groups in total. The maximum atomic E-state index is 12.8. The van der Waals surface area contributed by atoms with Crippen LogP contribution in [0.3, 0.4) is 0 Å². The monoisotopic (exact) mass is 490 g/mol. The molecule has 168 valence electrons. The smallest absolute Gasteiger partial charge is 0.251 e. The Morgan fingerprint density at radius 2 is 1.53 bits per heavy atom. The summed E-state index contributed by atoms with van der Waals surface area (Å²) in [4.78, 5) is 12.8. The van der Waals surface area contributed by atoms with Crippen LogP contribution in [0, 0.1) is 0 Å². The molecule has 3 rings (SSSR count). The third kappa shape index (κ3) is 5.82. The SMILES string of the molecule is CC[C@@H](NC(=O)c1ccc(N(Cc2c(Cl)cccc2Cl)S(C)(=O)=O)cc1)c1ccccc1. The van der Waals surface area contributed by atoms with Crippen LogP contribution in [0.4, 0.5) is 5.69 Å². The molecule has 1 atom stereocenters. The van der Waals surface area contributed by atoms with Gasteiger partial charge in [0.2, 0.25) is 10.0 Å². The highest BCUT2D eigenvalue weighted by atomic mass is 35.5. The van der Waals surface area contributed by atoms with Gasteiger partial charge in [-0.15, -0.1) is 0 Å². The first-order valence-electron chi connectivity index (χ1n) is 10.1. The number of hydrogen-bond donors (Lipinski definition) is 1. The maximum absolute atomic E-state index is 12.8. The molecule has 3 aromatic carbocycles. The van der Waals surface area contributed by atoms with E-state index in [1.54, 1.807) is 42.5 Å². The van der Waals surface area contributed by atoms with Crippen LogP contribution in [0.15, 0.2) is 72.8 Å². The van der Waals surface area contributed by atoms with Gasteiger partial charge in [-0.1, -0.05) is 66.5 Å². The number of rotatable bonds is 8. The minimum absolute atomic E-state index is 0.0190. The molecular weight excluding hydrogens is 467 g/mol. The highest BCUT2D eigenvalue weighted by molar-refractivity contribution is 7.92. The molecule has 0 saturated carbocycles. The van der Waals surface area contributed by atoms with Crippen molar-refractivity contribution in [1.29, 1.82) is 0 Å². The van der Waals surface area contributed by atoms with Gasteiger partial charge in [-0.05, 0) is 48.4 Å². The number of nitrogens with zero attached hydrogens (tertiary/aromatic N) is 1. The molecular formula is C24H24Cl2N2O3S. The van der Waals surface area contributed by atoms with Crippen molar-refractivity contribution in [2.75, 3.05) is 10.6 Å². The van der Waals surface area contributed by atoms with E-state index in [1.807, 2.05) is 37.3 Å². The molecule has 0 fully saturated rings. The van der Waals surface area contributed by atoms with Crippen LogP contribution in [0.25, 0.3) is 0 Å². The molecule has 0 radical (unpaired) electrons. The van der Waals surface area contributed by atoms with E-state index in [0.29, 0.717) is 26.9 Å². The van der Waals surface area contributed by atoms with Crippen LogP contribution in [-0.2, 0) is 16.6 Å². The Labute approximate surface area is 199 Å². The number of benzene rings is 3. The summed E-state index contributed by atoms with van der Waals surface area (Å²) in [5.74, 6) is -0.229. The Morgan fingerprint density at radius 3 is 2.06 bits per heavy atom. The van der Waals surface area contributed by atoms with Crippen molar-refractivity contribution in [3.63, 3.8) is 0 Å². The molecule has 0 bridgehead atoms. The van der Waals surface area contributed by atoms with E-state index in [4.69, 9.17) is 23.2 Å². The van der Waals surface area contributed by atoms with Crippen LogP contribution < -0.4 is 9.62 Å². The molecule has 8 heteroatoms. The van der Waals surface area contributed by atoms with Gasteiger partial charge in [0.1, 0.15) is 0 Å². The predicted molar refractivity (Wildman–Crippen MR) is 131 cm³/mol. The van der Waals surface area contributed by atoms with E-state index in [9.17, 15) is 13.2 Å². The van der Waals surface area contributed by atoms with Gasteiger partial charge in [-0.2, -0.15) is 0 Å². The molecule has 0 spiro atoms. The Kier molecular flexibility index (Phi) is 7.82. The quantitative estimate of drug-likeness (QED) is 0.431. The lowest BCUT2D eigenvalue weighted by Gasteiger charge is -2.24. The second-order valence-corrected chi connectivity index (χ2v) is 10.1. The summed E-state index contributed by atoms with van der Waals surface area (Å²) in [6.45, 7) is 1.99. The van der Waals surface area contributed by atoms with Crippen LogP contribution in [0.2, 0.25) is 10.0 Å². The minimum Gasteiger partial charge on any atom is -0.345 e. The van der Waals surface area contributed by atoms with Gasteiger partial charge in [-0.25, -0.2) is 8.42 Å². The fourth-order valence-corrected chi connectivity index (χ4v) is 4.74. The molecule has 0 aliphatic rings. The highest BCUT2D eigenvalue weighted by Crippen LogP contribution is 2.29. The average Bonchev–Trinajstić information content (AvgIpc) is 2.77. The third-order valence-electron chi connectivity index (χ3n) is 5.10. The van der Waals surface area contributed by atoms with Crippen molar-refractivity contribution < 1.29 is 13.2 Å². The van der Waals surface area contributed by atoms with Crippen LogP contribution in [-0.4, -0.2) is 20.6 Å². The second kappa shape index (κ2) is 10.4. The maximum Gasteiger partial charge on any atom is 0.251 e. The molecule has 0 heterocycles. The molecule has 1 amide bonds. The van der Waals surface area contributed by atoms with Crippen molar-refractivity contribution >= 4 is 44.8 Å². The molecule has 3 aromatic rings. The summed E-state index contributed by atoms with van der Waals surface area (Å²) in [5, 5.41) is 3.79. The largest absolute Gasteiger partial charge is 0.345 e. The lowest BCUT2D eigenvalue weighted by Crippen LogP contribution is -2.30. The van der Waals surface area contributed by atoms with Gasteiger partial charge in [0.15, 0.2) is 0 Å². The number of hydrogen-bond acceptors (Lipinski definition) is 3. The van der Waals surface area contributed by atoms with Crippen molar-refractivity contribution in [3.8, 4) is 0 Å². The summed E-state index contributed by atoms with van der Waals surface area (Å²) >= 11 is 12.5. The third-order valence-corrected chi connectivity index (χ3v) is 6.95. The Balaban J connectivity index is 1.82. The highest BCUT2D eigenvalue weighted by Gasteiger charge is 2.21. The molecule has 5 nitrogen and oxygen atoms in total. The fourth-order valence-electron chi connectivity index (χ4n) is 3.35. The first-order chi connectivity index (χ1) is 15.2. The zero-order valence-corrected chi connectivity index (χ0v) is 20.1. The lowest BCUT2D eigenvalue weighted by atomic mass is 10.0. The van der Waals surface area contributed by atoms with E-state index in [2.05, 4.69) is 5.32 Å². The Bertz CT molecular complexity index is 1160. The van der Waals surface area contributed by atoms with E-state index in [1.165, 1.54) is 4.31 Å². The first-order valence-corrected chi connectivity index (χ1v) is 12.7. The number of amides is 1. The first kappa shape index (κ1) is 24.1. The Hall–Kier alpha value is -2.54. The predicted octanol–water partition coefficient (Wildman–Crippen LogP) is 5.84. The second-order valence-electron chi connectivity index (χ2n) is 7.36. The summed E-state index contributed by atoms with van der Waals surface area (Å²) in [6, 6.07) is 21.1. The van der Waals surface area contributed by atoms with E-state index in [-0.39, 0.29) is 18.5 Å². The van der Waals surface area contributed by atoms with E-state index >= 15 is 0 Å². The minimum atomic E-state index is -3.63. The number of nitrogens with one attached hydrogen (secondary N) is 1. The van der Waals surface area contributed by atoms with E-state index in [0.717, 1.165) is 18.2 Å². The summed E-state index contributed by atoms with van der Waals surface area (Å²) in [5.41, 5.74) is 2.39. The molecule has 0 unspecified atom stereocenters. The normalized spacial score (nSPS) is 12.2. The topological polar surface area (TPSA) is 66.5 Å². The van der Waals surface area contributed by atoms with Crippen molar-refractivity contribution in [3.05, 3.63) is 99.5 Å². The van der Waals surface area contributed by atoms with Gasteiger partial charge >= 0.3 is 0 Å². The van der Waals surface area contributed by atoms with Crippen molar-refractivity contribution in [2.45, 2.75) is 25.9 Å². The molecule has 0 aliphatic carbocycles. The molecule has 0 aliphatic heterocycles. The summed E-state index contributed by atoms with van der Waals surface area (Å²) in [7, 11) is -3.63. The number of halogens is 2. The number of anilines is 1. The van der Waals surface area contributed by atoms with Crippen LogP contribution >= 0.6 is 23.2 Å². The van der Waals surface area contributed by atoms with Gasteiger partial charge < -0.3 is 5.32 Å². The van der Waals surface area contributed by atoms with Gasteiger partial charge in [0, 0.05) is 21.2 Å². The van der Waals surface area contributed by atoms with Gasteiger partial charge in [-0.3, -0.25) is 9.10 Å². The van der Waals surface area contributed by atoms with Crippen molar-refractivity contribution in [2.24, 2.45) is 0 Å². The standard InChI is InChI=1S/C24H24Cl2N2O3S/c1-3-23(17-8-5-4-6-9-17)27-24(29)18-12-14-19(15-13-18)28(32(2,30)31)16-20-21(25)10-7-11-22(20)26/h4-15,23H,3,16H2,1-2H3,(H,27,29)/t23-/m1/s1. The number of carbonyl (C=O) groups is 1. The summed E-state index contributed by atoms with van der Waals surface area (Å²) < 4.78 is 26.2. The van der Waals surface area contributed by atoms with Gasteiger partial charge in [0.05, 0.1) is 24.5 Å². The van der Waals surface area contributed by atoms with Crippen LogP contribution in [0.5, 0.6) is 0 Å². The molecule has 0 aromatic heterocycles. The molecule has 0 saturated heterocycles. The Morgan fingerprint density at radius 1 is 0.938 bits per heavy atom. The van der Waals surface area contributed by atoms with Crippen LogP contribution in [0.1, 0.15) is 40.9 Å². The number of carbonyl (C=O) groups excluding carboxylic acids is 1. The zero-order valence-electron chi connectivity index (χ0n) is 17.8. The average molecular weight is 491 g/mol. The van der Waals surface area contributed by atoms with Crippen molar-refractivity contribution in [1.82, 2.24) is 5.32 Å². The lowest BCUT2D eigenvalue weighted by molar-refractivity contribution is 0.0935. The zero-order chi connectivity index (χ0) is 23.3. The van der Waals surface area contributed by atoms with Gasteiger partial charge in [0.25, 0.3) is 5.91 Å². The van der Waals surface area contributed by atoms with E-state index < -0.39 is 10.0 Å². The number of sulfonamides is 1. The summed E-state index contributed by atoms with van der Waals surface area (Å²) in [6.07, 6.45) is 1.86. The molecule has 32 heavy (non-hydrogen) atoms. The fraction of sp³-hybridized carbons (Fsp3) is 0.208.